The third-order valence-electron chi connectivity index (χ3n) is 2.57. The zero-order valence-electron chi connectivity index (χ0n) is 9.89. The van der Waals surface area contributed by atoms with E-state index in [9.17, 15) is 0 Å². The second-order valence-electron chi connectivity index (χ2n) is 4.04. The van der Waals surface area contributed by atoms with Crippen molar-refractivity contribution in [2.24, 2.45) is 0 Å². The van der Waals surface area contributed by atoms with Crippen molar-refractivity contribution in [1.82, 2.24) is 0 Å². The average Bonchev–Trinajstić information content (AvgIpc) is 2.23. The normalized spacial score (nSPS) is 10.8. The van der Waals surface area contributed by atoms with Gasteiger partial charge in [-0.3, -0.25) is 0 Å². The van der Waals surface area contributed by atoms with Crippen molar-refractivity contribution in [1.29, 1.82) is 0 Å². The first-order valence-electron chi connectivity index (χ1n) is 5.89. The Labute approximate surface area is 108 Å². The Balaban J connectivity index is 2.68. The van der Waals surface area contributed by atoms with Gasteiger partial charge in [0.2, 0.25) is 0 Å². The van der Waals surface area contributed by atoms with Gasteiger partial charge in [0, 0.05) is 11.1 Å². The zero-order valence-corrected chi connectivity index (χ0v) is 11.4. The summed E-state index contributed by atoms with van der Waals surface area (Å²) in [5.74, 6) is 0. The molecule has 0 unspecified atom stereocenters. The van der Waals surface area contributed by atoms with Gasteiger partial charge in [-0.2, -0.15) is 0 Å². The van der Waals surface area contributed by atoms with Crippen LogP contribution in [0.3, 0.4) is 0 Å². The number of anilines is 1. The van der Waals surface area contributed by atoms with E-state index in [4.69, 9.17) is 23.2 Å². The molecule has 1 N–H and O–H groups in total. The summed E-state index contributed by atoms with van der Waals surface area (Å²) in [4.78, 5) is 0. The lowest BCUT2D eigenvalue weighted by Crippen LogP contribution is -2.19. The van der Waals surface area contributed by atoms with Gasteiger partial charge in [-0.15, -0.1) is 0 Å². The minimum absolute atomic E-state index is 0.508. The highest BCUT2D eigenvalue weighted by Crippen LogP contribution is 2.27. The van der Waals surface area contributed by atoms with Gasteiger partial charge in [0.15, 0.2) is 0 Å². The van der Waals surface area contributed by atoms with Crippen molar-refractivity contribution in [2.45, 2.75) is 45.6 Å². The predicted molar refractivity (Wildman–Crippen MR) is 73.7 cm³/mol. The number of rotatable bonds is 6. The van der Waals surface area contributed by atoms with Gasteiger partial charge in [-0.05, 0) is 31.0 Å². The first-order valence-corrected chi connectivity index (χ1v) is 6.64. The highest BCUT2D eigenvalue weighted by molar-refractivity contribution is 6.36. The number of hydrogen-bond acceptors (Lipinski definition) is 1. The molecule has 0 spiro atoms. The van der Waals surface area contributed by atoms with E-state index < -0.39 is 0 Å². The molecule has 0 aliphatic carbocycles. The summed E-state index contributed by atoms with van der Waals surface area (Å²) in [5, 5.41) is 4.86. The molecular formula is C13H19Cl2N. The van der Waals surface area contributed by atoms with E-state index >= 15 is 0 Å². The maximum absolute atomic E-state index is 6.13. The molecule has 0 fully saturated rings. The summed E-state index contributed by atoms with van der Waals surface area (Å²) in [5.41, 5.74) is 0.984. The van der Waals surface area contributed by atoms with Crippen LogP contribution in [0.2, 0.25) is 10.0 Å². The van der Waals surface area contributed by atoms with Gasteiger partial charge in [0.1, 0.15) is 0 Å². The SMILES string of the molecule is CCCC(CCC)Nc1ccc(Cl)cc1Cl. The van der Waals surface area contributed by atoms with E-state index in [-0.39, 0.29) is 0 Å². The summed E-state index contributed by atoms with van der Waals surface area (Å²) in [6.07, 6.45) is 4.71. The van der Waals surface area contributed by atoms with Crippen LogP contribution in [0, 0.1) is 0 Å². The molecule has 0 atom stereocenters. The Kier molecular flexibility index (Phi) is 6.00. The lowest BCUT2D eigenvalue weighted by molar-refractivity contribution is 0.586. The summed E-state index contributed by atoms with van der Waals surface area (Å²) in [7, 11) is 0. The van der Waals surface area contributed by atoms with Gasteiger partial charge in [0.25, 0.3) is 0 Å². The van der Waals surface area contributed by atoms with Gasteiger partial charge < -0.3 is 5.32 Å². The standard InChI is InChI=1S/C13H19Cl2N/c1-3-5-11(6-4-2)16-13-8-7-10(14)9-12(13)15/h7-9,11,16H,3-6H2,1-2H3. The molecular weight excluding hydrogens is 241 g/mol. The fraction of sp³-hybridized carbons (Fsp3) is 0.538. The highest BCUT2D eigenvalue weighted by Gasteiger charge is 2.08. The number of nitrogens with one attached hydrogen (secondary N) is 1. The van der Waals surface area contributed by atoms with Crippen molar-refractivity contribution in [2.75, 3.05) is 5.32 Å². The smallest absolute Gasteiger partial charge is 0.0652 e. The quantitative estimate of drug-likeness (QED) is 0.724. The van der Waals surface area contributed by atoms with Crippen molar-refractivity contribution >= 4 is 28.9 Å². The summed E-state index contributed by atoms with van der Waals surface area (Å²) in [6, 6.07) is 6.10. The Morgan fingerprint density at radius 2 is 1.75 bits per heavy atom. The molecule has 0 saturated heterocycles. The lowest BCUT2D eigenvalue weighted by Gasteiger charge is -2.19. The first-order chi connectivity index (χ1) is 7.67. The Morgan fingerprint density at radius 1 is 1.12 bits per heavy atom. The van der Waals surface area contributed by atoms with E-state index in [1.54, 1.807) is 6.07 Å². The minimum Gasteiger partial charge on any atom is -0.381 e. The van der Waals surface area contributed by atoms with Crippen LogP contribution in [0.15, 0.2) is 18.2 Å². The van der Waals surface area contributed by atoms with E-state index in [1.165, 1.54) is 25.7 Å². The minimum atomic E-state index is 0.508. The van der Waals surface area contributed by atoms with Crippen molar-refractivity contribution in [3.05, 3.63) is 28.2 Å². The average molecular weight is 260 g/mol. The van der Waals surface area contributed by atoms with Crippen LogP contribution in [0.25, 0.3) is 0 Å². The predicted octanol–water partition coefficient (Wildman–Crippen LogP) is 5.37. The molecule has 0 radical (unpaired) electrons. The third-order valence-corrected chi connectivity index (χ3v) is 3.11. The van der Waals surface area contributed by atoms with Gasteiger partial charge >= 0.3 is 0 Å². The number of hydrogen-bond donors (Lipinski definition) is 1. The fourth-order valence-electron chi connectivity index (χ4n) is 1.81. The molecule has 0 aliphatic rings. The lowest BCUT2D eigenvalue weighted by atomic mass is 10.1. The van der Waals surface area contributed by atoms with Gasteiger partial charge in [-0.1, -0.05) is 49.9 Å². The molecule has 90 valence electrons. The molecule has 1 rings (SSSR count). The molecule has 0 aromatic heterocycles. The van der Waals surface area contributed by atoms with E-state index in [0.29, 0.717) is 16.1 Å². The first kappa shape index (κ1) is 13.7. The van der Waals surface area contributed by atoms with E-state index in [1.807, 2.05) is 12.1 Å². The summed E-state index contributed by atoms with van der Waals surface area (Å²) < 4.78 is 0. The highest BCUT2D eigenvalue weighted by atomic mass is 35.5. The second-order valence-corrected chi connectivity index (χ2v) is 4.89. The van der Waals surface area contributed by atoms with Crippen LogP contribution in [0.4, 0.5) is 5.69 Å². The topological polar surface area (TPSA) is 12.0 Å². The molecule has 1 aromatic rings. The Bertz CT molecular complexity index is 320. The van der Waals surface area contributed by atoms with Crippen molar-refractivity contribution in [3.8, 4) is 0 Å². The molecule has 0 amide bonds. The van der Waals surface area contributed by atoms with E-state index in [2.05, 4.69) is 19.2 Å². The van der Waals surface area contributed by atoms with Gasteiger partial charge in [0.05, 0.1) is 10.7 Å². The third kappa shape index (κ3) is 4.23. The maximum atomic E-state index is 6.13. The Morgan fingerprint density at radius 3 is 2.25 bits per heavy atom. The largest absolute Gasteiger partial charge is 0.381 e. The van der Waals surface area contributed by atoms with Crippen LogP contribution < -0.4 is 5.32 Å². The molecule has 1 aromatic carbocycles. The van der Waals surface area contributed by atoms with Crippen LogP contribution >= 0.6 is 23.2 Å². The number of halogens is 2. The van der Waals surface area contributed by atoms with Gasteiger partial charge in [-0.25, -0.2) is 0 Å². The van der Waals surface area contributed by atoms with Crippen LogP contribution in [0.5, 0.6) is 0 Å². The summed E-state index contributed by atoms with van der Waals surface area (Å²) >= 11 is 12.0. The Hall–Kier alpha value is -0.400. The molecule has 0 bridgehead atoms. The zero-order chi connectivity index (χ0) is 12.0. The fourth-order valence-corrected chi connectivity index (χ4v) is 2.28. The van der Waals surface area contributed by atoms with Crippen molar-refractivity contribution < 1.29 is 0 Å². The maximum Gasteiger partial charge on any atom is 0.0652 e. The number of benzene rings is 1. The van der Waals surface area contributed by atoms with E-state index in [0.717, 1.165) is 5.69 Å². The van der Waals surface area contributed by atoms with Crippen molar-refractivity contribution in [3.63, 3.8) is 0 Å². The monoisotopic (exact) mass is 259 g/mol. The molecule has 0 aliphatic heterocycles. The van der Waals surface area contributed by atoms with Crippen LogP contribution in [0.1, 0.15) is 39.5 Å². The molecule has 16 heavy (non-hydrogen) atoms. The molecule has 1 nitrogen and oxygen atoms in total. The van der Waals surface area contributed by atoms with Crippen LogP contribution in [-0.4, -0.2) is 6.04 Å². The molecule has 0 heterocycles. The molecule has 0 saturated carbocycles. The second kappa shape index (κ2) is 7.03. The summed E-state index contributed by atoms with van der Waals surface area (Å²) in [6.45, 7) is 4.40. The molecule has 3 heteroatoms. The van der Waals surface area contributed by atoms with Crippen LogP contribution in [-0.2, 0) is 0 Å².